The first kappa shape index (κ1) is 14.5. The molecule has 116 valence electrons. The fraction of sp³-hybridized carbons (Fsp3) is 0.0667. The summed E-state index contributed by atoms with van der Waals surface area (Å²) in [7, 11) is 1.50. The van der Waals surface area contributed by atoms with E-state index in [0.29, 0.717) is 5.82 Å². The molecule has 2 aromatic heterocycles. The number of amides is 1. The van der Waals surface area contributed by atoms with Gasteiger partial charge in [-0.15, -0.1) is 0 Å². The van der Waals surface area contributed by atoms with Crippen molar-refractivity contribution in [1.29, 1.82) is 0 Å². The zero-order valence-corrected chi connectivity index (χ0v) is 12.1. The maximum atomic E-state index is 12.3. The Bertz CT molecular complexity index is 866. The minimum absolute atomic E-state index is 0.0400. The Hall–Kier alpha value is -3.42. The van der Waals surface area contributed by atoms with E-state index in [1.54, 1.807) is 6.07 Å². The molecule has 8 heteroatoms. The van der Waals surface area contributed by atoms with Crippen LogP contribution in [0.1, 0.15) is 20.8 Å². The number of aromatic nitrogens is 4. The fourth-order valence-corrected chi connectivity index (χ4v) is 2.19. The van der Waals surface area contributed by atoms with Crippen LogP contribution in [0.25, 0.3) is 11.3 Å². The van der Waals surface area contributed by atoms with Crippen LogP contribution in [-0.4, -0.2) is 37.0 Å². The van der Waals surface area contributed by atoms with Gasteiger partial charge in [0.1, 0.15) is 11.3 Å². The molecule has 23 heavy (non-hydrogen) atoms. The van der Waals surface area contributed by atoms with Crippen LogP contribution in [0.3, 0.4) is 0 Å². The van der Waals surface area contributed by atoms with Gasteiger partial charge in [0, 0.05) is 13.1 Å². The lowest BCUT2D eigenvalue weighted by Gasteiger charge is -2.03. The van der Waals surface area contributed by atoms with E-state index < -0.39 is 11.9 Å². The van der Waals surface area contributed by atoms with E-state index in [9.17, 15) is 9.59 Å². The molecular weight excluding hydrogens is 298 g/mol. The highest BCUT2D eigenvalue weighted by Gasteiger charge is 2.22. The van der Waals surface area contributed by atoms with Crippen molar-refractivity contribution in [2.24, 2.45) is 7.05 Å². The van der Waals surface area contributed by atoms with Crippen LogP contribution in [0, 0.1) is 0 Å². The second kappa shape index (κ2) is 5.76. The number of hydrogen-bond donors (Lipinski definition) is 3. The van der Waals surface area contributed by atoms with Gasteiger partial charge in [0.25, 0.3) is 5.91 Å². The Morgan fingerprint density at radius 1 is 1.26 bits per heavy atom. The molecule has 3 rings (SSSR count). The van der Waals surface area contributed by atoms with Crippen LogP contribution in [0.15, 0.2) is 42.6 Å². The van der Waals surface area contributed by atoms with E-state index >= 15 is 0 Å². The molecule has 3 N–H and O–H groups in total. The summed E-state index contributed by atoms with van der Waals surface area (Å²) in [6.45, 7) is 0. The van der Waals surface area contributed by atoms with Gasteiger partial charge in [0.05, 0.1) is 11.9 Å². The highest BCUT2D eigenvalue weighted by molar-refractivity contribution is 6.09. The number of carboxylic acids is 1. The number of aromatic carboxylic acids is 1. The van der Waals surface area contributed by atoms with Crippen molar-refractivity contribution in [3.63, 3.8) is 0 Å². The van der Waals surface area contributed by atoms with Crippen LogP contribution < -0.4 is 5.32 Å². The predicted molar refractivity (Wildman–Crippen MR) is 82.1 cm³/mol. The van der Waals surface area contributed by atoms with Gasteiger partial charge in [-0.2, -0.15) is 10.2 Å². The number of H-pyrrole nitrogens is 1. The fourth-order valence-electron chi connectivity index (χ4n) is 2.19. The third-order valence-corrected chi connectivity index (χ3v) is 3.29. The van der Waals surface area contributed by atoms with Crippen molar-refractivity contribution in [1.82, 2.24) is 20.0 Å². The number of aromatic amines is 1. The number of nitrogens with one attached hydrogen (secondary N) is 2. The van der Waals surface area contributed by atoms with Crippen molar-refractivity contribution in [3.8, 4) is 11.3 Å². The molecule has 0 saturated heterocycles. The zero-order valence-electron chi connectivity index (χ0n) is 12.1. The topological polar surface area (TPSA) is 113 Å². The molecule has 0 saturated carbocycles. The van der Waals surface area contributed by atoms with Crippen molar-refractivity contribution in [3.05, 3.63) is 53.9 Å². The summed E-state index contributed by atoms with van der Waals surface area (Å²) in [6.07, 6.45) is 1.14. The summed E-state index contributed by atoms with van der Waals surface area (Å²) in [6, 6.07) is 11.2. The molecule has 1 amide bonds. The van der Waals surface area contributed by atoms with E-state index in [2.05, 4.69) is 20.6 Å². The van der Waals surface area contributed by atoms with E-state index in [-0.39, 0.29) is 11.3 Å². The summed E-state index contributed by atoms with van der Waals surface area (Å²) in [5.74, 6) is -1.50. The van der Waals surface area contributed by atoms with E-state index in [1.807, 2.05) is 30.3 Å². The van der Waals surface area contributed by atoms with Gasteiger partial charge in [-0.05, 0) is 5.56 Å². The molecule has 2 heterocycles. The molecule has 8 nitrogen and oxygen atoms in total. The number of anilines is 1. The highest BCUT2D eigenvalue weighted by atomic mass is 16.4. The third kappa shape index (κ3) is 2.82. The monoisotopic (exact) mass is 311 g/mol. The maximum Gasteiger partial charge on any atom is 0.339 e. The standard InChI is InChI=1S/C15H13N5O3/c1-20-13(10(8-16-20)15(22)23)14(21)17-12-7-11(18-19-12)9-5-3-2-4-6-9/h2-8H,1H3,(H,22,23)(H2,17,18,19,21). The number of carbonyl (C=O) groups excluding carboxylic acids is 1. The van der Waals surface area contributed by atoms with Crippen LogP contribution in [0.2, 0.25) is 0 Å². The summed E-state index contributed by atoms with van der Waals surface area (Å²) in [4.78, 5) is 23.4. The summed E-state index contributed by atoms with van der Waals surface area (Å²) in [5.41, 5.74) is 1.46. The number of hydrogen-bond acceptors (Lipinski definition) is 4. The lowest BCUT2D eigenvalue weighted by Crippen LogP contribution is -2.19. The summed E-state index contributed by atoms with van der Waals surface area (Å²) >= 11 is 0. The Morgan fingerprint density at radius 2 is 2.00 bits per heavy atom. The van der Waals surface area contributed by atoms with Gasteiger partial charge in [-0.25, -0.2) is 4.79 Å². The number of aryl methyl sites for hydroxylation is 1. The second-order valence-corrected chi connectivity index (χ2v) is 4.82. The molecule has 0 aliphatic heterocycles. The number of nitrogens with zero attached hydrogens (tertiary/aromatic N) is 3. The third-order valence-electron chi connectivity index (χ3n) is 3.29. The maximum absolute atomic E-state index is 12.3. The molecule has 0 spiro atoms. The van der Waals surface area contributed by atoms with Gasteiger partial charge in [0.2, 0.25) is 0 Å². The molecule has 3 aromatic rings. The SMILES string of the molecule is Cn1ncc(C(=O)O)c1C(=O)Nc1cc(-c2ccccc2)[nH]n1. The Morgan fingerprint density at radius 3 is 2.70 bits per heavy atom. The van der Waals surface area contributed by atoms with Crippen LogP contribution in [0.5, 0.6) is 0 Å². The highest BCUT2D eigenvalue weighted by Crippen LogP contribution is 2.19. The quantitative estimate of drug-likeness (QED) is 0.679. The summed E-state index contributed by atoms with van der Waals surface area (Å²) in [5, 5.41) is 22.3. The van der Waals surface area contributed by atoms with Gasteiger partial charge >= 0.3 is 5.97 Å². The molecule has 0 radical (unpaired) electrons. The first-order valence-electron chi connectivity index (χ1n) is 6.73. The molecule has 0 fully saturated rings. The molecule has 0 aliphatic carbocycles. The van der Waals surface area contributed by atoms with E-state index in [0.717, 1.165) is 17.5 Å². The number of carbonyl (C=O) groups is 2. The average Bonchev–Trinajstić information content (AvgIpc) is 3.15. The zero-order chi connectivity index (χ0) is 16.4. The van der Waals surface area contributed by atoms with E-state index in [4.69, 9.17) is 5.11 Å². The molecule has 1 aromatic carbocycles. The predicted octanol–water partition coefficient (Wildman–Crippen LogP) is 1.76. The Labute approximate surface area is 130 Å². The van der Waals surface area contributed by atoms with Gasteiger partial charge in [-0.3, -0.25) is 14.6 Å². The number of rotatable bonds is 4. The lowest BCUT2D eigenvalue weighted by atomic mass is 10.1. The second-order valence-electron chi connectivity index (χ2n) is 4.82. The van der Waals surface area contributed by atoms with Crippen LogP contribution in [0.4, 0.5) is 5.82 Å². The summed E-state index contributed by atoms with van der Waals surface area (Å²) < 4.78 is 1.21. The number of benzene rings is 1. The van der Waals surface area contributed by atoms with E-state index in [1.165, 1.54) is 11.7 Å². The minimum atomic E-state index is -1.21. The molecule has 0 unspecified atom stereocenters. The van der Waals surface area contributed by atoms with Crippen molar-refractivity contribution < 1.29 is 14.7 Å². The number of carboxylic acid groups (broad SMARTS) is 1. The molecular formula is C15H13N5O3. The Kier molecular flexibility index (Phi) is 3.63. The lowest BCUT2D eigenvalue weighted by molar-refractivity contribution is 0.0692. The van der Waals surface area contributed by atoms with Crippen molar-refractivity contribution in [2.45, 2.75) is 0 Å². The normalized spacial score (nSPS) is 10.5. The van der Waals surface area contributed by atoms with Gasteiger partial charge < -0.3 is 10.4 Å². The molecule has 0 aliphatic rings. The van der Waals surface area contributed by atoms with Crippen molar-refractivity contribution >= 4 is 17.7 Å². The van der Waals surface area contributed by atoms with Crippen LogP contribution >= 0.6 is 0 Å². The van der Waals surface area contributed by atoms with Gasteiger partial charge in [-0.1, -0.05) is 30.3 Å². The first-order chi connectivity index (χ1) is 11.1. The average molecular weight is 311 g/mol. The van der Waals surface area contributed by atoms with Crippen molar-refractivity contribution in [2.75, 3.05) is 5.32 Å². The van der Waals surface area contributed by atoms with Gasteiger partial charge in [0.15, 0.2) is 5.82 Å². The van der Waals surface area contributed by atoms with Crippen LogP contribution in [-0.2, 0) is 7.05 Å². The minimum Gasteiger partial charge on any atom is -0.478 e. The molecule has 0 bridgehead atoms. The largest absolute Gasteiger partial charge is 0.478 e. The Balaban J connectivity index is 1.83. The first-order valence-corrected chi connectivity index (χ1v) is 6.73. The molecule has 0 atom stereocenters. The smallest absolute Gasteiger partial charge is 0.339 e.